The minimum Gasteiger partial charge on any atom is -0.345 e. The Morgan fingerprint density at radius 3 is 2.17 bits per heavy atom. The van der Waals surface area contributed by atoms with Gasteiger partial charge < -0.3 is 5.32 Å². The van der Waals surface area contributed by atoms with Crippen LogP contribution >= 0.6 is 23.2 Å². The van der Waals surface area contributed by atoms with E-state index in [0.717, 1.165) is 16.7 Å². The van der Waals surface area contributed by atoms with Gasteiger partial charge in [0.05, 0.1) is 11.8 Å². The first-order chi connectivity index (χ1) is 16.8. The van der Waals surface area contributed by atoms with Gasteiger partial charge in [0, 0.05) is 34.6 Å². The van der Waals surface area contributed by atoms with Crippen LogP contribution in [0.4, 0.5) is 0 Å². The number of aryl methyl sites for hydroxylation is 1. The van der Waals surface area contributed by atoms with Gasteiger partial charge in [0.2, 0.25) is 15.9 Å². The molecule has 0 spiro atoms. The Kier molecular flexibility index (Phi) is 8.17. The van der Waals surface area contributed by atoms with E-state index < -0.39 is 10.0 Å². The van der Waals surface area contributed by atoms with E-state index in [1.165, 1.54) is 4.31 Å². The van der Waals surface area contributed by atoms with Gasteiger partial charge >= 0.3 is 0 Å². The smallest absolute Gasteiger partial charge is 0.223 e. The molecule has 1 aliphatic heterocycles. The van der Waals surface area contributed by atoms with Gasteiger partial charge in [0.25, 0.3) is 0 Å². The number of amides is 1. The van der Waals surface area contributed by atoms with E-state index in [-0.39, 0.29) is 36.7 Å². The lowest BCUT2D eigenvalue weighted by molar-refractivity contribution is -0.126. The van der Waals surface area contributed by atoms with Gasteiger partial charge in [-0.2, -0.15) is 0 Å². The summed E-state index contributed by atoms with van der Waals surface area (Å²) in [5, 5.41) is 3.89. The first kappa shape index (κ1) is 25.7. The van der Waals surface area contributed by atoms with Crippen molar-refractivity contribution in [3.63, 3.8) is 0 Å². The lowest BCUT2D eigenvalue weighted by Crippen LogP contribution is -2.44. The quantitative estimate of drug-likeness (QED) is 0.422. The normalized spacial score (nSPS) is 16.1. The van der Waals surface area contributed by atoms with Crippen LogP contribution in [0.3, 0.4) is 0 Å². The summed E-state index contributed by atoms with van der Waals surface area (Å²) in [6, 6.07) is 22.6. The average molecular weight is 532 g/mol. The maximum atomic E-state index is 13.3. The Hall–Kier alpha value is -2.38. The lowest BCUT2D eigenvalue weighted by Gasteiger charge is -2.32. The maximum absolute atomic E-state index is 13.3. The number of hydrogen-bond donors (Lipinski definition) is 1. The summed E-state index contributed by atoms with van der Waals surface area (Å²) in [5.74, 6) is -0.583. The van der Waals surface area contributed by atoms with Crippen LogP contribution in [0.5, 0.6) is 0 Å². The molecule has 0 aliphatic carbocycles. The summed E-state index contributed by atoms with van der Waals surface area (Å²) < 4.78 is 27.5. The number of nitrogens with one attached hydrogen (secondary N) is 1. The molecule has 0 radical (unpaired) electrons. The van der Waals surface area contributed by atoms with Gasteiger partial charge in [-0.1, -0.05) is 83.9 Å². The van der Waals surface area contributed by atoms with Gasteiger partial charge in [0.1, 0.15) is 0 Å². The monoisotopic (exact) mass is 530 g/mol. The van der Waals surface area contributed by atoms with Crippen molar-refractivity contribution in [1.29, 1.82) is 0 Å². The van der Waals surface area contributed by atoms with Crippen LogP contribution in [0, 0.1) is 12.8 Å². The molecule has 5 nitrogen and oxygen atoms in total. The number of sulfonamides is 1. The van der Waals surface area contributed by atoms with E-state index in [2.05, 4.69) is 5.32 Å². The predicted octanol–water partition coefficient (Wildman–Crippen LogP) is 5.75. The van der Waals surface area contributed by atoms with Crippen LogP contribution in [0.25, 0.3) is 0 Å². The molecule has 1 atom stereocenters. The highest BCUT2D eigenvalue weighted by Gasteiger charge is 2.33. The molecule has 184 valence electrons. The molecule has 0 bridgehead atoms. The van der Waals surface area contributed by atoms with Gasteiger partial charge in [-0.05, 0) is 48.6 Å². The van der Waals surface area contributed by atoms with E-state index in [1.54, 1.807) is 18.2 Å². The van der Waals surface area contributed by atoms with Gasteiger partial charge in [-0.3, -0.25) is 4.79 Å². The molecule has 1 fully saturated rings. The van der Waals surface area contributed by atoms with Crippen molar-refractivity contribution in [1.82, 2.24) is 9.62 Å². The zero-order valence-corrected chi connectivity index (χ0v) is 21.8. The predicted molar refractivity (Wildman–Crippen MR) is 141 cm³/mol. The number of benzene rings is 3. The Bertz CT molecular complexity index is 1270. The number of halogens is 2. The van der Waals surface area contributed by atoms with Crippen molar-refractivity contribution in [2.45, 2.75) is 31.6 Å². The van der Waals surface area contributed by atoms with Crippen LogP contribution in [-0.2, 0) is 20.6 Å². The molecule has 35 heavy (non-hydrogen) atoms. The summed E-state index contributed by atoms with van der Waals surface area (Å²) >= 11 is 12.4. The molecule has 1 heterocycles. The SMILES string of the molecule is Cc1ccccc1[C@@H](NC(=O)C1CCN(S(=O)(=O)Cc2c(Cl)cccc2Cl)CC1)c1ccccc1. The first-order valence-electron chi connectivity index (χ1n) is 11.6. The molecule has 0 aromatic heterocycles. The van der Waals surface area contributed by atoms with Crippen LogP contribution in [-0.4, -0.2) is 31.7 Å². The highest BCUT2D eigenvalue weighted by molar-refractivity contribution is 7.88. The van der Waals surface area contributed by atoms with Gasteiger partial charge in [0.15, 0.2) is 0 Å². The Morgan fingerprint density at radius 1 is 0.943 bits per heavy atom. The third kappa shape index (κ3) is 6.07. The zero-order valence-electron chi connectivity index (χ0n) is 19.5. The summed E-state index contributed by atoms with van der Waals surface area (Å²) in [6.45, 7) is 2.59. The summed E-state index contributed by atoms with van der Waals surface area (Å²) in [6.07, 6.45) is 0.910. The van der Waals surface area contributed by atoms with Crippen LogP contribution in [0.1, 0.15) is 41.1 Å². The van der Waals surface area contributed by atoms with E-state index in [0.29, 0.717) is 28.5 Å². The molecular weight excluding hydrogens is 503 g/mol. The maximum Gasteiger partial charge on any atom is 0.223 e. The van der Waals surface area contributed by atoms with Crippen molar-refractivity contribution in [3.05, 3.63) is 105 Å². The molecule has 1 N–H and O–H groups in total. The molecular formula is C27H28Cl2N2O3S. The molecule has 4 rings (SSSR count). The van der Waals surface area contributed by atoms with Crippen molar-refractivity contribution in [2.75, 3.05) is 13.1 Å². The van der Waals surface area contributed by atoms with E-state index in [4.69, 9.17) is 23.2 Å². The summed E-state index contributed by atoms with van der Waals surface area (Å²) in [7, 11) is -3.61. The Morgan fingerprint density at radius 2 is 1.54 bits per heavy atom. The number of carbonyl (C=O) groups excluding carboxylic acids is 1. The molecule has 3 aromatic carbocycles. The standard InChI is InChI=1S/C27H28Cl2N2O3S/c1-19-8-5-6-11-22(19)26(20-9-3-2-4-10-20)30-27(32)21-14-16-31(17-15-21)35(33,34)18-23-24(28)12-7-13-25(23)29/h2-13,21,26H,14-18H2,1H3,(H,30,32)/t26-/m0/s1. The summed E-state index contributed by atoms with van der Waals surface area (Å²) in [4.78, 5) is 13.3. The molecule has 1 saturated heterocycles. The highest BCUT2D eigenvalue weighted by atomic mass is 35.5. The van der Waals surface area contributed by atoms with Crippen molar-refractivity contribution in [3.8, 4) is 0 Å². The minimum atomic E-state index is -3.61. The van der Waals surface area contributed by atoms with E-state index >= 15 is 0 Å². The fourth-order valence-corrected chi connectivity index (χ4v) is 6.81. The van der Waals surface area contributed by atoms with Gasteiger partial charge in [-0.25, -0.2) is 12.7 Å². The molecule has 3 aromatic rings. The minimum absolute atomic E-state index is 0.0618. The average Bonchev–Trinajstić information content (AvgIpc) is 2.86. The number of carbonyl (C=O) groups is 1. The lowest BCUT2D eigenvalue weighted by atomic mass is 9.92. The van der Waals surface area contributed by atoms with Crippen molar-refractivity contribution >= 4 is 39.1 Å². The molecule has 8 heteroatoms. The van der Waals surface area contributed by atoms with Crippen molar-refractivity contribution in [2.24, 2.45) is 5.92 Å². The van der Waals surface area contributed by atoms with E-state index in [1.807, 2.05) is 61.5 Å². The second kappa shape index (κ2) is 11.1. The number of hydrogen-bond acceptors (Lipinski definition) is 3. The molecule has 1 aliphatic rings. The third-order valence-electron chi connectivity index (χ3n) is 6.53. The first-order valence-corrected chi connectivity index (χ1v) is 13.9. The number of rotatable bonds is 7. The topological polar surface area (TPSA) is 66.5 Å². The van der Waals surface area contributed by atoms with Crippen LogP contribution in [0.2, 0.25) is 10.0 Å². The Balaban J connectivity index is 1.44. The molecule has 0 saturated carbocycles. The van der Waals surface area contributed by atoms with Crippen LogP contribution < -0.4 is 5.32 Å². The van der Waals surface area contributed by atoms with Crippen molar-refractivity contribution < 1.29 is 13.2 Å². The highest BCUT2D eigenvalue weighted by Crippen LogP contribution is 2.30. The third-order valence-corrected chi connectivity index (χ3v) is 9.04. The Labute approximate surface area is 217 Å². The second-order valence-electron chi connectivity index (χ2n) is 8.84. The fourth-order valence-electron chi connectivity index (χ4n) is 4.50. The van der Waals surface area contributed by atoms with E-state index in [9.17, 15) is 13.2 Å². The number of piperidine rings is 1. The zero-order chi connectivity index (χ0) is 25.0. The van der Waals surface area contributed by atoms with Gasteiger partial charge in [-0.15, -0.1) is 0 Å². The summed E-state index contributed by atoms with van der Waals surface area (Å²) in [5.41, 5.74) is 3.55. The van der Waals surface area contributed by atoms with Crippen LogP contribution in [0.15, 0.2) is 72.8 Å². The molecule has 0 unspecified atom stereocenters. The fraction of sp³-hybridized carbons (Fsp3) is 0.296. The largest absolute Gasteiger partial charge is 0.345 e. The molecule has 1 amide bonds. The second-order valence-corrected chi connectivity index (χ2v) is 11.6. The number of nitrogens with zero attached hydrogens (tertiary/aromatic N) is 1.